The van der Waals surface area contributed by atoms with Crippen molar-refractivity contribution in [3.05, 3.63) is 161 Å². The number of esters is 1. The number of para-hydroxylation sites is 1. The number of ether oxygens (including phenoxy) is 2. The van der Waals surface area contributed by atoms with Crippen LogP contribution >= 0.6 is 34.5 Å². The van der Waals surface area contributed by atoms with E-state index in [0.717, 1.165) is 33.2 Å². The number of fused-ring (bicyclic) bond motifs is 2. The maximum Gasteiger partial charge on any atom is 0.338 e. The second kappa shape index (κ2) is 13.9. The number of carbonyl (C=O) groups is 1. The average molecular weight is 709 g/mol. The number of hydrogen-bond donors (Lipinski definition) is 0. The normalized spacial score (nSPS) is 14.5. The topological polar surface area (TPSA) is 74.8 Å². The van der Waals surface area contributed by atoms with Crippen LogP contribution in [-0.2, 0) is 16.1 Å². The number of halogens is 2. The Kier molecular flexibility index (Phi) is 9.27. The number of thiazole rings is 1. The molecule has 246 valence electrons. The van der Waals surface area contributed by atoms with Gasteiger partial charge in [0.15, 0.2) is 4.80 Å². The third-order valence-electron chi connectivity index (χ3n) is 8.32. The Balaban J connectivity index is 1.43. The molecule has 4 aromatic carbocycles. The van der Waals surface area contributed by atoms with Gasteiger partial charge < -0.3 is 14.0 Å². The minimum absolute atomic E-state index is 0.178. The van der Waals surface area contributed by atoms with Crippen LogP contribution in [0.4, 0.5) is 0 Å². The zero-order valence-corrected chi connectivity index (χ0v) is 29.1. The molecule has 6 aromatic rings. The quantitative estimate of drug-likeness (QED) is 0.145. The monoisotopic (exact) mass is 707 g/mol. The summed E-state index contributed by atoms with van der Waals surface area (Å²) >= 11 is 13.8. The van der Waals surface area contributed by atoms with E-state index in [1.54, 1.807) is 17.6 Å². The van der Waals surface area contributed by atoms with Gasteiger partial charge in [0, 0.05) is 34.8 Å². The van der Waals surface area contributed by atoms with Crippen LogP contribution in [0.25, 0.3) is 22.7 Å². The zero-order valence-electron chi connectivity index (χ0n) is 26.7. The lowest BCUT2D eigenvalue weighted by Gasteiger charge is -2.26. The minimum Gasteiger partial charge on any atom is -0.494 e. The third kappa shape index (κ3) is 6.35. The Bertz CT molecular complexity index is 2410. The van der Waals surface area contributed by atoms with Gasteiger partial charge in [-0.05, 0) is 61.4 Å². The Morgan fingerprint density at radius 3 is 2.41 bits per heavy atom. The van der Waals surface area contributed by atoms with Crippen molar-refractivity contribution in [1.82, 2.24) is 9.13 Å². The first-order valence-electron chi connectivity index (χ1n) is 15.9. The molecule has 49 heavy (non-hydrogen) atoms. The van der Waals surface area contributed by atoms with Gasteiger partial charge >= 0.3 is 5.97 Å². The van der Waals surface area contributed by atoms with E-state index in [2.05, 4.69) is 10.6 Å². The van der Waals surface area contributed by atoms with Crippen LogP contribution in [0.1, 0.15) is 42.1 Å². The molecule has 0 N–H and O–H groups in total. The smallest absolute Gasteiger partial charge is 0.338 e. The Hall–Kier alpha value is -4.89. The van der Waals surface area contributed by atoms with Crippen LogP contribution in [0, 0.1) is 0 Å². The van der Waals surface area contributed by atoms with E-state index in [4.69, 9.17) is 37.7 Å². The third-order valence-corrected chi connectivity index (χ3v) is 10.0. The summed E-state index contributed by atoms with van der Waals surface area (Å²) in [6.45, 7) is 4.94. The summed E-state index contributed by atoms with van der Waals surface area (Å²) in [4.78, 5) is 33.7. The van der Waals surface area contributed by atoms with Crippen molar-refractivity contribution in [2.24, 2.45) is 4.99 Å². The molecular formula is C39H31Cl2N3O4S. The molecule has 1 aliphatic rings. The van der Waals surface area contributed by atoms with Gasteiger partial charge in [-0.1, -0.05) is 101 Å². The largest absolute Gasteiger partial charge is 0.494 e. The molecule has 0 aliphatic carbocycles. The van der Waals surface area contributed by atoms with E-state index in [0.29, 0.717) is 49.6 Å². The summed E-state index contributed by atoms with van der Waals surface area (Å²) in [5.74, 6) is 0.171. The molecule has 7 rings (SSSR count). The first-order valence-corrected chi connectivity index (χ1v) is 17.5. The van der Waals surface area contributed by atoms with Crippen LogP contribution in [0.15, 0.2) is 119 Å². The zero-order chi connectivity index (χ0) is 34.1. The van der Waals surface area contributed by atoms with Gasteiger partial charge in [-0.15, -0.1) is 0 Å². The van der Waals surface area contributed by atoms with Crippen molar-refractivity contribution in [1.29, 1.82) is 0 Å². The van der Waals surface area contributed by atoms with Crippen LogP contribution in [0.5, 0.6) is 5.75 Å². The van der Waals surface area contributed by atoms with Crippen LogP contribution < -0.4 is 19.6 Å². The standard InChI is InChI=1S/C39H31Cl2N3O4S/c1-3-47-28-17-15-26(16-18-28)36-34(38(46)48-4-2)35(25-10-6-5-7-11-25)42-39-44(36)37(45)33(49-39)21-27-23-43(32-13-9-8-12-29(27)32)22-24-14-19-30(40)31(41)20-24/h5-21,23,36H,3-4,22H2,1-2H3/b33-21+/t36-/m0/s1. The highest BCUT2D eigenvalue weighted by atomic mass is 35.5. The molecule has 0 bridgehead atoms. The van der Waals surface area contributed by atoms with Crippen molar-refractivity contribution in [3.63, 3.8) is 0 Å². The maximum atomic E-state index is 14.5. The molecule has 10 heteroatoms. The Labute approximate surface area is 296 Å². The maximum absolute atomic E-state index is 14.5. The molecule has 0 saturated carbocycles. The van der Waals surface area contributed by atoms with Gasteiger partial charge in [0.2, 0.25) is 0 Å². The molecule has 7 nitrogen and oxygen atoms in total. The van der Waals surface area contributed by atoms with Gasteiger partial charge in [0.1, 0.15) is 5.75 Å². The highest BCUT2D eigenvalue weighted by molar-refractivity contribution is 7.07. The SMILES string of the molecule is CCOC(=O)C1=C(c2ccccc2)N=c2s/c(=C/c3cn(Cc4ccc(Cl)c(Cl)c4)c4ccccc34)c(=O)n2[C@H]1c1ccc(OCC)cc1. The van der Waals surface area contributed by atoms with E-state index >= 15 is 0 Å². The van der Waals surface area contributed by atoms with E-state index in [1.165, 1.54) is 11.3 Å². The molecule has 2 aromatic heterocycles. The Morgan fingerprint density at radius 1 is 0.918 bits per heavy atom. The molecule has 0 radical (unpaired) electrons. The molecule has 3 heterocycles. The number of hydrogen-bond acceptors (Lipinski definition) is 6. The van der Waals surface area contributed by atoms with Crippen molar-refractivity contribution in [2.75, 3.05) is 13.2 Å². The number of aromatic nitrogens is 2. The fraction of sp³-hybridized carbons (Fsp3) is 0.154. The number of rotatable bonds is 9. The number of carbonyl (C=O) groups excluding carboxylic acids is 1. The van der Waals surface area contributed by atoms with Crippen molar-refractivity contribution in [2.45, 2.75) is 26.4 Å². The predicted molar refractivity (Wildman–Crippen MR) is 196 cm³/mol. The molecule has 0 fully saturated rings. The Morgan fingerprint density at radius 2 is 1.67 bits per heavy atom. The van der Waals surface area contributed by atoms with Gasteiger partial charge in [-0.25, -0.2) is 9.79 Å². The fourth-order valence-electron chi connectivity index (χ4n) is 6.17. The molecule has 1 aliphatic heterocycles. The fourth-order valence-corrected chi connectivity index (χ4v) is 7.48. The van der Waals surface area contributed by atoms with E-state index < -0.39 is 12.0 Å². The average Bonchev–Trinajstić information content (AvgIpc) is 3.62. The van der Waals surface area contributed by atoms with Crippen molar-refractivity contribution < 1.29 is 14.3 Å². The number of nitrogens with zero attached hydrogens (tertiary/aromatic N) is 3. The summed E-state index contributed by atoms with van der Waals surface area (Å²) in [6.07, 6.45) is 3.94. The molecule has 1 atom stereocenters. The molecule has 0 saturated heterocycles. The summed E-state index contributed by atoms with van der Waals surface area (Å²) in [5, 5.41) is 1.99. The highest BCUT2D eigenvalue weighted by Crippen LogP contribution is 2.36. The van der Waals surface area contributed by atoms with Gasteiger partial charge in [0.05, 0.1) is 45.1 Å². The van der Waals surface area contributed by atoms with E-state index in [-0.39, 0.29) is 12.2 Å². The summed E-state index contributed by atoms with van der Waals surface area (Å²) in [6, 6.07) is 29.9. The molecule has 0 unspecified atom stereocenters. The second-order valence-corrected chi connectivity index (χ2v) is 13.2. The van der Waals surface area contributed by atoms with Crippen molar-refractivity contribution in [3.8, 4) is 5.75 Å². The predicted octanol–water partition coefficient (Wildman–Crippen LogP) is 7.64. The van der Waals surface area contributed by atoms with E-state index in [9.17, 15) is 9.59 Å². The molecule has 0 amide bonds. The summed E-state index contributed by atoms with van der Waals surface area (Å²) in [7, 11) is 0. The first-order chi connectivity index (χ1) is 23.9. The van der Waals surface area contributed by atoms with Crippen LogP contribution in [0.2, 0.25) is 10.0 Å². The van der Waals surface area contributed by atoms with Crippen LogP contribution in [0.3, 0.4) is 0 Å². The molecule has 0 spiro atoms. The first kappa shape index (κ1) is 32.6. The second-order valence-electron chi connectivity index (χ2n) is 11.4. The molecular weight excluding hydrogens is 677 g/mol. The highest BCUT2D eigenvalue weighted by Gasteiger charge is 2.35. The van der Waals surface area contributed by atoms with Crippen LogP contribution in [-0.4, -0.2) is 28.3 Å². The summed E-state index contributed by atoms with van der Waals surface area (Å²) < 4.78 is 15.5. The summed E-state index contributed by atoms with van der Waals surface area (Å²) in [5.41, 5.74) is 4.90. The lowest BCUT2D eigenvalue weighted by Crippen LogP contribution is -2.40. The van der Waals surface area contributed by atoms with Gasteiger partial charge in [-0.3, -0.25) is 9.36 Å². The van der Waals surface area contributed by atoms with Gasteiger partial charge in [-0.2, -0.15) is 0 Å². The van der Waals surface area contributed by atoms with E-state index in [1.807, 2.05) is 104 Å². The van der Waals surface area contributed by atoms with Crippen molar-refractivity contribution >= 4 is 63.2 Å². The minimum atomic E-state index is -0.778. The van der Waals surface area contributed by atoms with Gasteiger partial charge in [0.25, 0.3) is 5.56 Å². The lowest BCUT2D eigenvalue weighted by molar-refractivity contribution is -0.138. The number of benzene rings is 4. The lowest BCUT2D eigenvalue weighted by atomic mass is 9.93.